The number of alkyl halides is 1. The molecule has 0 amide bonds. The molecule has 0 saturated heterocycles. The Bertz CT molecular complexity index is 465. The monoisotopic (exact) mass is 314 g/mol. The van der Waals surface area contributed by atoms with Gasteiger partial charge >= 0.3 is 0 Å². The van der Waals surface area contributed by atoms with Crippen molar-refractivity contribution in [3.63, 3.8) is 0 Å². The minimum absolute atomic E-state index is 0.265. The molecule has 1 unspecified atom stereocenters. The second-order valence-electron chi connectivity index (χ2n) is 6.45. The van der Waals surface area contributed by atoms with Gasteiger partial charge in [0, 0.05) is 5.56 Å². The van der Waals surface area contributed by atoms with Gasteiger partial charge in [0.05, 0.1) is 5.38 Å². The van der Waals surface area contributed by atoms with Gasteiger partial charge in [-0.3, -0.25) is 0 Å². The van der Waals surface area contributed by atoms with Gasteiger partial charge < -0.3 is 0 Å². The SMILES string of the molecule is CCCCC1CCC(C(Cl)c2cc(F)c(C)cc2F)CC1. The third-order valence-corrected chi connectivity index (χ3v) is 5.44. The highest BCUT2D eigenvalue weighted by Crippen LogP contribution is 2.42. The van der Waals surface area contributed by atoms with Crippen LogP contribution in [0.3, 0.4) is 0 Å². The van der Waals surface area contributed by atoms with Gasteiger partial charge in [-0.2, -0.15) is 0 Å². The molecule has 21 heavy (non-hydrogen) atoms. The topological polar surface area (TPSA) is 0 Å². The van der Waals surface area contributed by atoms with Gasteiger partial charge in [-0.1, -0.05) is 39.0 Å². The quantitative estimate of drug-likeness (QED) is 0.540. The summed E-state index contributed by atoms with van der Waals surface area (Å²) in [5.41, 5.74) is 0.667. The number of hydrogen-bond donors (Lipinski definition) is 0. The van der Waals surface area contributed by atoms with Crippen molar-refractivity contribution in [3.8, 4) is 0 Å². The normalized spacial score (nSPS) is 24.0. The molecule has 118 valence electrons. The van der Waals surface area contributed by atoms with Crippen LogP contribution in [0.25, 0.3) is 0 Å². The first-order chi connectivity index (χ1) is 10.0. The first-order valence-electron chi connectivity index (χ1n) is 8.12. The van der Waals surface area contributed by atoms with Crippen LogP contribution < -0.4 is 0 Å². The summed E-state index contributed by atoms with van der Waals surface area (Å²) in [6.07, 6.45) is 8.22. The number of hydrogen-bond acceptors (Lipinski definition) is 0. The van der Waals surface area contributed by atoms with Gasteiger partial charge in [0.1, 0.15) is 11.6 Å². The summed E-state index contributed by atoms with van der Waals surface area (Å²) in [5.74, 6) is 0.321. The summed E-state index contributed by atoms with van der Waals surface area (Å²) in [6, 6.07) is 2.54. The minimum Gasteiger partial charge on any atom is -0.207 e. The Kier molecular flexibility index (Phi) is 6.04. The molecule has 1 aliphatic rings. The molecule has 1 atom stereocenters. The average Bonchev–Trinajstić information content (AvgIpc) is 2.48. The fourth-order valence-electron chi connectivity index (χ4n) is 3.39. The van der Waals surface area contributed by atoms with E-state index in [2.05, 4.69) is 6.92 Å². The molecule has 1 fully saturated rings. The predicted octanol–water partition coefficient (Wildman–Crippen LogP) is 6.55. The molecule has 0 radical (unpaired) electrons. The van der Waals surface area contributed by atoms with E-state index >= 15 is 0 Å². The van der Waals surface area contributed by atoms with Crippen molar-refractivity contribution in [1.29, 1.82) is 0 Å². The molecule has 0 nitrogen and oxygen atoms in total. The Morgan fingerprint density at radius 2 is 1.81 bits per heavy atom. The zero-order chi connectivity index (χ0) is 15.4. The largest absolute Gasteiger partial charge is 0.207 e. The molecular formula is C18H25ClF2. The van der Waals surface area contributed by atoms with Crippen LogP contribution in [-0.4, -0.2) is 0 Å². The number of halogens is 3. The van der Waals surface area contributed by atoms with Crippen molar-refractivity contribution in [3.05, 3.63) is 34.9 Å². The fraction of sp³-hybridized carbons (Fsp3) is 0.667. The van der Waals surface area contributed by atoms with Crippen molar-refractivity contribution < 1.29 is 8.78 Å². The van der Waals surface area contributed by atoms with Crippen molar-refractivity contribution in [2.75, 3.05) is 0 Å². The van der Waals surface area contributed by atoms with Crippen LogP contribution in [0.15, 0.2) is 12.1 Å². The lowest BCUT2D eigenvalue weighted by molar-refractivity contribution is 0.252. The van der Waals surface area contributed by atoms with Crippen molar-refractivity contribution in [1.82, 2.24) is 0 Å². The maximum atomic E-state index is 14.0. The molecule has 0 N–H and O–H groups in total. The Morgan fingerprint density at radius 1 is 1.14 bits per heavy atom. The summed E-state index contributed by atoms with van der Waals surface area (Å²) in [4.78, 5) is 0. The van der Waals surface area contributed by atoms with Crippen molar-refractivity contribution in [2.24, 2.45) is 11.8 Å². The van der Waals surface area contributed by atoms with Crippen LogP contribution in [-0.2, 0) is 0 Å². The minimum atomic E-state index is -0.410. The van der Waals surface area contributed by atoms with Crippen molar-refractivity contribution >= 4 is 11.6 Å². The molecular weight excluding hydrogens is 290 g/mol. The summed E-state index contributed by atoms with van der Waals surface area (Å²) >= 11 is 6.46. The van der Waals surface area contributed by atoms with Crippen LogP contribution in [0.5, 0.6) is 0 Å². The molecule has 1 saturated carbocycles. The maximum absolute atomic E-state index is 14.0. The molecule has 0 aliphatic heterocycles. The van der Waals surface area contributed by atoms with E-state index in [1.54, 1.807) is 6.92 Å². The van der Waals surface area contributed by atoms with Crippen molar-refractivity contribution in [2.45, 2.75) is 64.2 Å². The van der Waals surface area contributed by atoms with E-state index in [0.29, 0.717) is 11.1 Å². The van der Waals surface area contributed by atoms with Crippen LogP contribution in [0, 0.1) is 30.4 Å². The van der Waals surface area contributed by atoms with Crippen LogP contribution >= 0.6 is 11.6 Å². The molecule has 1 aliphatic carbocycles. The molecule has 0 spiro atoms. The van der Waals surface area contributed by atoms with E-state index in [0.717, 1.165) is 18.8 Å². The van der Waals surface area contributed by atoms with Gasteiger partial charge in [-0.25, -0.2) is 8.78 Å². The van der Waals surface area contributed by atoms with Gasteiger partial charge in [-0.05, 0) is 49.3 Å². The summed E-state index contributed by atoms with van der Waals surface area (Å²) in [6.45, 7) is 3.79. The first-order valence-corrected chi connectivity index (χ1v) is 8.56. The number of aryl methyl sites for hydroxylation is 1. The molecule has 0 aromatic heterocycles. The standard InChI is InChI=1S/C18H25ClF2/c1-3-4-5-13-6-8-14(9-7-13)18(19)15-11-16(20)12(2)10-17(15)21/h10-11,13-14,18H,3-9H2,1-2H3. The summed E-state index contributed by atoms with van der Waals surface area (Å²) < 4.78 is 27.7. The van der Waals surface area contributed by atoms with Crippen LogP contribution in [0.4, 0.5) is 8.78 Å². The second-order valence-corrected chi connectivity index (χ2v) is 6.92. The summed E-state index contributed by atoms with van der Waals surface area (Å²) in [5, 5.41) is -0.410. The highest BCUT2D eigenvalue weighted by Gasteiger charge is 2.29. The average molecular weight is 315 g/mol. The van der Waals surface area contributed by atoms with E-state index < -0.39 is 5.38 Å². The zero-order valence-electron chi connectivity index (χ0n) is 13.0. The Hall–Kier alpha value is -0.630. The van der Waals surface area contributed by atoms with E-state index in [-0.39, 0.29) is 17.6 Å². The zero-order valence-corrected chi connectivity index (χ0v) is 13.7. The Balaban J connectivity index is 1.99. The maximum Gasteiger partial charge on any atom is 0.128 e. The van der Waals surface area contributed by atoms with E-state index in [1.165, 1.54) is 44.2 Å². The first kappa shape index (κ1) is 16.7. The summed E-state index contributed by atoms with van der Waals surface area (Å²) in [7, 11) is 0. The molecule has 1 aromatic rings. The number of rotatable bonds is 5. The Morgan fingerprint density at radius 3 is 2.43 bits per heavy atom. The highest BCUT2D eigenvalue weighted by molar-refractivity contribution is 6.21. The third-order valence-electron chi connectivity index (χ3n) is 4.85. The molecule has 0 bridgehead atoms. The molecule has 0 heterocycles. The van der Waals surface area contributed by atoms with Gasteiger partial charge in [0.15, 0.2) is 0 Å². The molecule has 2 rings (SSSR count). The van der Waals surface area contributed by atoms with E-state index in [4.69, 9.17) is 11.6 Å². The van der Waals surface area contributed by atoms with Crippen LogP contribution in [0.2, 0.25) is 0 Å². The predicted molar refractivity (Wildman–Crippen MR) is 84.7 cm³/mol. The third kappa shape index (κ3) is 4.18. The number of benzene rings is 1. The Labute approximate surface area is 131 Å². The fourth-order valence-corrected chi connectivity index (χ4v) is 3.81. The molecule has 3 heteroatoms. The lowest BCUT2D eigenvalue weighted by Crippen LogP contribution is -2.19. The van der Waals surface area contributed by atoms with Gasteiger partial charge in [0.25, 0.3) is 0 Å². The highest BCUT2D eigenvalue weighted by atomic mass is 35.5. The second kappa shape index (κ2) is 7.58. The van der Waals surface area contributed by atoms with Crippen LogP contribution in [0.1, 0.15) is 68.4 Å². The van der Waals surface area contributed by atoms with E-state index in [9.17, 15) is 8.78 Å². The smallest absolute Gasteiger partial charge is 0.128 e. The molecule has 1 aromatic carbocycles. The lowest BCUT2D eigenvalue weighted by Gasteiger charge is -2.31. The lowest BCUT2D eigenvalue weighted by atomic mass is 9.77. The number of unbranched alkanes of at least 4 members (excludes halogenated alkanes) is 1. The van der Waals surface area contributed by atoms with E-state index in [1.807, 2.05) is 0 Å². The van der Waals surface area contributed by atoms with Gasteiger partial charge in [-0.15, -0.1) is 11.6 Å². The van der Waals surface area contributed by atoms with Gasteiger partial charge in [0.2, 0.25) is 0 Å².